The van der Waals surface area contributed by atoms with Crippen molar-refractivity contribution >= 4 is 16.7 Å². The maximum absolute atomic E-state index is 13.4. The highest BCUT2D eigenvalue weighted by molar-refractivity contribution is 5.98. The van der Waals surface area contributed by atoms with E-state index < -0.39 is 0 Å². The third-order valence-electron chi connectivity index (χ3n) is 9.65. The smallest absolute Gasteiger partial charge is 0.264 e. The predicted molar refractivity (Wildman–Crippen MR) is 202 cm³/mol. The number of methoxy groups -OCH3 is 2. The zero-order valence-electron chi connectivity index (χ0n) is 31.4. The van der Waals surface area contributed by atoms with E-state index in [1.807, 2.05) is 50.1 Å². The molecule has 4 aromatic rings. The number of carbonyl (C=O) groups is 1. The van der Waals surface area contributed by atoms with E-state index in [0.717, 1.165) is 53.7 Å². The van der Waals surface area contributed by atoms with Crippen LogP contribution in [0, 0.1) is 16.7 Å². The van der Waals surface area contributed by atoms with Gasteiger partial charge in [-0.3, -0.25) is 14.6 Å². The fourth-order valence-corrected chi connectivity index (χ4v) is 7.00. The SMILES string of the molecule is COc1cc(-c2cn(C)c(=O)c3cnccc23)cc(OC)c1CN(C)CCN(C)Cc1cccc2c1CCN(C(=O)/C(C#N)=C/C(C)(C)C)C2C. The third kappa shape index (κ3) is 8.16. The largest absolute Gasteiger partial charge is 0.496 e. The van der Waals surface area contributed by atoms with Gasteiger partial charge < -0.3 is 28.7 Å². The Labute approximate surface area is 301 Å². The highest BCUT2D eigenvalue weighted by Gasteiger charge is 2.31. The van der Waals surface area contributed by atoms with Crippen LogP contribution in [-0.4, -0.2) is 78.1 Å². The number of nitriles is 1. The second-order valence-corrected chi connectivity index (χ2v) is 14.7. The van der Waals surface area contributed by atoms with Crippen LogP contribution >= 0.6 is 0 Å². The molecule has 268 valence electrons. The third-order valence-corrected chi connectivity index (χ3v) is 9.65. The number of benzene rings is 2. The second-order valence-electron chi connectivity index (χ2n) is 14.7. The number of pyridine rings is 2. The zero-order valence-corrected chi connectivity index (χ0v) is 31.4. The number of likely N-dealkylation sites (N-methyl/N-ethyl adjacent to an activating group) is 2. The van der Waals surface area contributed by atoms with Gasteiger partial charge in [-0.25, -0.2) is 0 Å². The predicted octanol–water partition coefficient (Wildman–Crippen LogP) is 6.12. The van der Waals surface area contributed by atoms with Crippen LogP contribution in [0.1, 0.15) is 56.0 Å². The molecule has 1 aliphatic heterocycles. The van der Waals surface area contributed by atoms with E-state index in [-0.39, 0.29) is 28.5 Å². The fourth-order valence-electron chi connectivity index (χ4n) is 7.00. The number of carbonyl (C=O) groups excluding carboxylic acids is 1. The quantitative estimate of drug-likeness (QED) is 0.137. The lowest BCUT2D eigenvalue weighted by Crippen LogP contribution is -2.40. The Morgan fingerprint density at radius 3 is 2.35 bits per heavy atom. The highest BCUT2D eigenvalue weighted by atomic mass is 16.5. The van der Waals surface area contributed by atoms with Crippen molar-refractivity contribution in [3.05, 3.63) is 99.2 Å². The number of allylic oxidation sites excluding steroid dienone is 1. The number of ether oxygens (including phenoxy) is 2. The van der Waals surface area contributed by atoms with E-state index in [9.17, 15) is 14.9 Å². The molecule has 3 heterocycles. The number of fused-ring (bicyclic) bond motifs is 2. The van der Waals surface area contributed by atoms with E-state index in [0.29, 0.717) is 30.0 Å². The molecule has 51 heavy (non-hydrogen) atoms. The zero-order chi connectivity index (χ0) is 37.0. The van der Waals surface area contributed by atoms with Crippen molar-refractivity contribution in [1.82, 2.24) is 24.3 Å². The first kappa shape index (κ1) is 37.3. The van der Waals surface area contributed by atoms with Gasteiger partial charge in [0.05, 0.1) is 31.2 Å². The number of hydrogen-bond donors (Lipinski definition) is 0. The molecule has 0 saturated carbocycles. The van der Waals surface area contributed by atoms with Crippen LogP contribution < -0.4 is 15.0 Å². The van der Waals surface area contributed by atoms with Gasteiger partial charge in [-0.2, -0.15) is 5.26 Å². The monoisotopic (exact) mass is 690 g/mol. The van der Waals surface area contributed by atoms with E-state index in [1.54, 1.807) is 44.3 Å². The van der Waals surface area contributed by atoms with Crippen LogP contribution in [0.4, 0.5) is 0 Å². The first-order valence-electron chi connectivity index (χ1n) is 17.4. The Hall–Kier alpha value is -4.98. The minimum Gasteiger partial charge on any atom is -0.496 e. The maximum atomic E-state index is 13.4. The Balaban J connectivity index is 1.27. The van der Waals surface area contributed by atoms with E-state index in [1.165, 1.54) is 11.1 Å². The number of aryl methyl sites for hydroxylation is 1. The summed E-state index contributed by atoms with van der Waals surface area (Å²) in [6.45, 7) is 11.7. The molecule has 1 atom stereocenters. The van der Waals surface area contributed by atoms with Gasteiger partial charge in [0.1, 0.15) is 23.1 Å². The standard InChI is InChI=1S/C41H50N6O4/c1-27-31-12-10-11-28(32(31)14-16-47(27)39(48)30(22-42)21-41(2,3)4)24-44(5)17-18-45(6)25-36-37(50-8)19-29(20-38(36)51-9)35-26-46(7)40(49)34-23-43-15-13-33(34)35/h10-13,15,19-21,23,26-27H,14,16-18,24-25H2,1-9H3/b30-21+. The van der Waals surface area contributed by atoms with Gasteiger partial charge in [0, 0.05) is 63.9 Å². The van der Waals surface area contributed by atoms with Gasteiger partial charge in [0.2, 0.25) is 0 Å². The number of amides is 1. The Morgan fingerprint density at radius 1 is 1.06 bits per heavy atom. The van der Waals surface area contributed by atoms with Crippen LogP contribution in [0.5, 0.6) is 11.5 Å². The van der Waals surface area contributed by atoms with Crippen molar-refractivity contribution in [2.24, 2.45) is 12.5 Å². The number of aromatic nitrogens is 2. The van der Waals surface area contributed by atoms with Crippen molar-refractivity contribution in [2.75, 3.05) is 47.9 Å². The summed E-state index contributed by atoms with van der Waals surface area (Å²) in [5.41, 5.74) is 6.31. The molecule has 2 aromatic heterocycles. The lowest BCUT2D eigenvalue weighted by molar-refractivity contribution is -0.129. The van der Waals surface area contributed by atoms with Gasteiger partial charge in [0.25, 0.3) is 11.5 Å². The number of hydrogen-bond acceptors (Lipinski definition) is 8. The summed E-state index contributed by atoms with van der Waals surface area (Å²) >= 11 is 0. The van der Waals surface area contributed by atoms with Gasteiger partial charge >= 0.3 is 0 Å². The molecule has 10 heteroatoms. The fraction of sp³-hybridized carbons (Fsp3) is 0.415. The first-order chi connectivity index (χ1) is 24.3. The summed E-state index contributed by atoms with van der Waals surface area (Å²) in [5.74, 6) is 1.24. The highest BCUT2D eigenvalue weighted by Crippen LogP contribution is 2.38. The minimum absolute atomic E-state index is 0.0938. The molecule has 0 N–H and O–H groups in total. The Bertz CT molecular complexity index is 2030. The molecule has 1 aliphatic rings. The molecule has 0 saturated heterocycles. The van der Waals surface area contributed by atoms with Crippen molar-refractivity contribution in [3.63, 3.8) is 0 Å². The van der Waals surface area contributed by atoms with Crippen molar-refractivity contribution in [2.45, 2.75) is 53.2 Å². The molecule has 0 radical (unpaired) electrons. The maximum Gasteiger partial charge on any atom is 0.264 e. The average molecular weight is 691 g/mol. The molecule has 0 aliphatic carbocycles. The van der Waals surface area contributed by atoms with Gasteiger partial charge in [-0.1, -0.05) is 45.0 Å². The molecule has 0 spiro atoms. The molecule has 0 fully saturated rings. The van der Waals surface area contributed by atoms with Gasteiger partial charge in [-0.05, 0) is 78.7 Å². The number of nitrogens with zero attached hydrogens (tertiary/aromatic N) is 6. The number of rotatable bonds is 11. The van der Waals surface area contributed by atoms with Gasteiger partial charge in [0.15, 0.2) is 0 Å². The van der Waals surface area contributed by atoms with Crippen molar-refractivity contribution in [3.8, 4) is 28.7 Å². The van der Waals surface area contributed by atoms with Crippen LogP contribution in [0.25, 0.3) is 21.9 Å². The summed E-state index contributed by atoms with van der Waals surface area (Å²) in [4.78, 5) is 36.7. The van der Waals surface area contributed by atoms with Crippen LogP contribution in [0.2, 0.25) is 0 Å². The first-order valence-corrected chi connectivity index (χ1v) is 17.4. The summed E-state index contributed by atoms with van der Waals surface area (Å²) in [5, 5.41) is 11.1. The minimum atomic E-state index is -0.258. The summed E-state index contributed by atoms with van der Waals surface area (Å²) in [6.07, 6.45) is 7.68. The molecule has 5 rings (SSSR count). The summed E-state index contributed by atoms with van der Waals surface area (Å²) < 4.78 is 13.4. The normalized spacial score (nSPS) is 14.9. The van der Waals surface area contributed by atoms with E-state index >= 15 is 0 Å². The van der Waals surface area contributed by atoms with Crippen molar-refractivity contribution < 1.29 is 14.3 Å². The lowest BCUT2D eigenvalue weighted by atomic mass is 9.88. The van der Waals surface area contributed by atoms with Crippen LogP contribution in [0.3, 0.4) is 0 Å². The molecule has 10 nitrogen and oxygen atoms in total. The molecule has 1 unspecified atom stereocenters. The van der Waals surface area contributed by atoms with Crippen LogP contribution in [-0.2, 0) is 31.4 Å². The Morgan fingerprint density at radius 2 is 1.73 bits per heavy atom. The molecule has 2 aromatic carbocycles. The van der Waals surface area contributed by atoms with E-state index in [4.69, 9.17) is 9.47 Å². The molecular weight excluding hydrogens is 640 g/mol. The van der Waals surface area contributed by atoms with Crippen molar-refractivity contribution in [1.29, 1.82) is 5.26 Å². The van der Waals surface area contributed by atoms with Crippen LogP contribution in [0.15, 0.2) is 71.4 Å². The van der Waals surface area contributed by atoms with Gasteiger partial charge in [-0.15, -0.1) is 0 Å². The molecular formula is C41H50N6O4. The summed E-state index contributed by atoms with van der Waals surface area (Å²) in [7, 11) is 9.31. The Kier molecular flexibility index (Phi) is 11.3. The molecule has 0 bridgehead atoms. The topological polar surface area (TPSA) is 104 Å². The average Bonchev–Trinajstić information content (AvgIpc) is 3.11. The molecule has 1 amide bonds. The summed E-state index contributed by atoms with van der Waals surface area (Å²) in [6, 6.07) is 14.3. The van der Waals surface area contributed by atoms with E-state index in [2.05, 4.69) is 60.1 Å². The second kappa shape index (κ2) is 15.5. The lowest BCUT2D eigenvalue weighted by Gasteiger charge is -2.37.